The molecular formula is C13H17NO2. The first-order valence-corrected chi connectivity index (χ1v) is 5.69. The normalized spacial score (nSPS) is 20.1. The van der Waals surface area contributed by atoms with E-state index < -0.39 is 0 Å². The van der Waals surface area contributed by atoms with Gasteiger partial charge in [-0.15, -0.1) is 0 Å². The second-order valence-corrected chi connectivity index (χ2v) is 4.45. The summed E-state index contributed by atoms with van der Waals surface area (Å²) in [6, 6.07) is 7.08. The number of hydrogen-bond donors (Lipinski definition) is 1. The number of benzene rings is 1. The van der Waals surface area contributed by atoms with E-state index in [0.717, 1.165) is 31.5 Å². The molecule has 0 saturated heterocycles. The molecule has 1 fully saturated rings. The summed E-state index contributed by atoms with van der Waals surface area (Å²) in [4.78, 5) is 13.6. The van der Waals surface area contributed by atoms with Crippen LogP contribution in [0.4, 0.5) is 5.69 Å². The minimum Gasteiger partial charge on any atom is -0.508 e. The molecule has 0 amide bonds. The van der Waals surface area contributed by atoms with Gasteiger partial charge in [-0.1, -0.05) is 0 Å². The highest BCUT2D eigenvalue weighted by Crippen LogP contribution is 2.24. The van der Waals surface area contributed by atoms with Crippen LogP contribution in [0.25, 0.3) is 0 Å². The van der Waals surface area contributed by atoms with Crippen molar-refractivity contribution in [3.8, 4) is 5.75 Å². The summed E-state index contributed by atoms with van der Waals surface area (Å²) in [5, 5.41) is 9.19. The van der Waals surface area contributed by atoms with Crippen LogP contribution in [0.1, 0.15) is 19.3 Å². The van der Waals surface area contributed by atoms with Gasteiger partial charge in [0.15, 0.2) is 0 Å². The van der Waals surface area contributed by atoms with Gasteiger partial charge in [-0.05, 0) is 37.1 Å². The van der Waals surface area contributed by atoms with Gasteiger partial charge in [0.2, 0.25) is 0 Å². The fraction of sp³-hybridized carbons (Fsp3) is 0.462. The quantitative estimate of drug-likeness (QED) is 0.847. The highest BCUT2D eigenvalue weighted by atomic mass is 16.3. The molecule has 0 aliphatic heterocycles. The maximum Gasteiger partial charge on any atom is 0.137 e. The zero-order chi connectivity index (χ0) is 11.5. The van der Waals surface area contributed by atoms with Crippen molar-refractivity contribution >= 4 is 11.5 Å². The van der Waals surface area contributed by atoms with Crippen LogP contribution >= 0.6 is 0 Å². The third kappa shape index (κ3) is 2.35. The smallest absolute Gasteiger partial charge is 0.137 e. The molecule has 1 aromatic rings. The summed E-state index contributed by atoms with van der Waals surface area (Å²) in [6.07, 6.45) is 2.79. The zero-order valence-electron chi connectivity index (χ0n) is 9.52. The van der Waals surface area contributed by atoms with Crippen LogP contribution in [0.2, 0.25) is 0 Å². The number of carbonyl (C=O) groups is 1. The maximum atomic E-state index is 11.5. The number of phenolic OH excluding ortho intramolecular Hbond substituents is 1. The zero-order valence-corrected chi connectivity index (χ0v) is 9.52. The SMILES string of the molecule is CN(CC1CCCC1=O)c1ccc(O)cc1. The number of aromatic hydroxyl groups is 1. The molecule has 0 bridgehead atoms. The van der Waals surface area contributed by atoms with E-state index >= 15 is 0 Å². The fourth-order valence-corrected chi connectivity index (χ4v) is 2.22. The number of Topliss-reactive ketones (excluding diaryl/α,β-unsaturated/α-hetero) is 1. The van der Waals surface area contributed by atoms with Gasteiger partial charge in [0.1, 0.15) is 11.5 Å². The highest BCUT2D eigenvalue weighted by Gasteiger charge is 2.25. The van der Waals surface area contributed by atoms with Crippen molar-refractivity contribution in [1.82, 2.24) is 0 Å². The van der Waals surface area contributed by atoms with Crippen LogP contribution in [0.5, 0.6) is 5.75 Å². The van der Waals surface area contributed by atoms with E-state index in [0.29, 0.717) is 5.78 Å². The Morgan fingerprint density at radius 2 is 2.06 bits per heavy atom. The van der Waals surface area contributed by atoms with Crippen LogP contribution in [-0.2, 0) is 4.79 Å². The van der Waals surface area contributed by atoms with Crippen molar-refractivity contribution in [2.45, 2.75) is 19.3 Å². The average Bonchev–Trinajstić information content (AvgIpc) is 2.65. The summed E-state index contributed by atoms with van der Waals surface area (Å²) in [5.41, 5.74) is 1.04. The largest absolute Gasteiger partial charge is 0.508 e. The monoisotopic (exact) mass is 219 g/mol. The van der Waals surface area contributed by atoms with Gasteiger partial charge in [0, 0.05) is 31.6 Å². The standard InChI is InChI=1S/C13H17NO2/c1-14(9-10-3-2-4-13(10)16)11-5-7-12(15)8-6-11/h5-8,10,15H,2-4,9H2,1H3. The Morgan fingerprint density at radius 1 is 1.38 bits per heavy atom. The summed E-state index contributed by atoms with van der Waals surface area (Å²) in [6.45, 7) is 0.781. The van der Waals surface area contributed by atoms with E-state index in [4.69, 9.17) is 0 Å². The predicted molar refractivity (Wildman–Crippen MR) is 63.7 cm³/mol. The first-order valence-electron chi connectivity index (χ1n) is 5.69. The molecule has 0 spiro atoms. The summed E-state index contributed by atoms with van der Waals surface area (Å²) >= 11 is 0. The Morgan fingerprint density at radius 3 is 2.62 bits per heavy atom. The summed E-state index contributed by atoms with van der Waals surface area (Å²) in [5.74, 6) is 0.860. The van der Waals surface area contributed by atoms with Crippen molar-refractivity contribution in [3.63, 3.8) is 0 Å². The third-order valence-corrected chi connectivity index (χ3v) is 3.22. The molecule has 2 rings (SSSR count). The number of anilines is 1. The van der Waals surface area contributed by atoms with Crippen LogP contribution in [-0.4, -0.2) is 24.5 Å². The molecule has 0 radical (unpaired) electrons. The molecule has 3 nitrogen and oxygen atoms in total. The molecule has 1 aliphatic rings. The van der Waals surface area contributed by atoms with E-state index in [1.165, 1.54) is 0 Å². The van der Waals surface area contributed by atoms with Crippen LogP contribution in [0.3, 0.4) is 0 Å². The topological polar surface area (TPSA) is 40.5 Å². The Bertz CT molecular complexity index is 372. The number of carbonyl (C=O) groups excluding carboxylic acids is 1. The van der Waals surface area contributed by atoms with Crippen molar-refractivity contribution in [1.29, 1.82) is 0 Å². The molecule has 3 heteroatoms. The van der Waals surface area contributed by atoms with E-state index in [2.05, 4.69) is 4.90 Å². The van der Waals surface area contributed by atoms with E-state index in [1.54, 1.807) is 12.1 Å². The number of ketones is 1. The van der Waals surface area contributed by atoms with Gasteiger partial charge < -0.3 is 10.0 Å². The van der Waals surface area contributed by atoms with Crippen molar-refractivity contribution in [2.24, 2.45) is 5.92 Å². The molecule has 1 aromatic carbocycles. The second kappa shape index (κ2) is 4.56. The summed E-state index contributed by atoms with van der Waals surface area (Å²) in [7, 11) is 1.98. The maximum absolute atomic E-state index is 11.5. The lowest BCUT2D eigenvalue weighted by atomic mass is 10.1. The first-order chi connectivity index (χ1) is 7.66. The molecule has 1 aliphatic carbocycles. The lowest BCUT2D eigenvalue weighted by Crippen LogP contribution is -2.27. The number of phenols is 1. The van der Waals surface area contributed by atoms with Gasteiger partial charge in [0.25, 0.3) is 0 Å². The highest BCUT2D eigenvalue weighted by molar-refractivity contribution is 5.83. The van der Waals surface area contributed by atoms with Gasteiger partial charge in [-0.3, -0.25) is 4.79 Å². The van der Waals surface area contributed by atoms with Crippen molar-refractivity contribution in [2.75, 3.05) is 18.5 Å². The van der Waals surface area contributed by atoms with Crippen LogP contribution in [0.15, 0.2) is 24.3 Å². The first kappa shape index (κ1) is 11.0. The summed E-state index contributed by atoms with van der Waals surface area (Å²) < 4.78 is 0. The lowest BCUT2D eigenvalue weighted by Gasteiger charge is -2.22. The van der Waals surface area contributed by atoms with Gasteiger partial charge in [-0.25, -0.2) is 0 Å². The third-order valence-electron chi connectivity index (χ3n) is 3.22. The number of nitrogens with zero attached hydrogens (tertiary/aromatic N) is 1. The Kier molecular flexibility index (Phi) is 3.13. The molecule has 0 heterocycles. The van der Waals surface area contributed by atoms with E-state index in [1.807, 2.05) is 19.2 Å². The van der Waals surface area contributed by atoms with Gasteiger partial charge >= 0.3 is 0 Å². The second-order valence-electron chi connectivity index (χ2n) is 4.45. The van der Waals surface area contributed by atoms with E-state index in [9.17, 15) is 9.90 Å². The predicted octanol–water partition coefficient (Wildman–Crippen LogP) is 2.20. The molecule has 16 heavy (non-hydrogen) atoms. The Labute approximate surface area is 95.7 Å². The Balaban J connectivity index is 1.99. The van der Waals surface area contributed by atoms with Gasteiger partial charge in [0.05, 0.1) is 0 Å². The lowest BCUT2D eigenvalue weighted by molar-refractivity contribution is -0.120. The van der Waals surface area contributed by atoms with Crippen LogP contribution in [0, 0.1) is 5.92 Å². The minimum atomic E-state index is 0.193. The minimum absolute atomic E-state index is 0.193. The molecular weight excluding hydrogens is 202 g/mol. The van der Waals surface area contributed by atoms with Crippen molar-refractivity contribution in [3.05, 3.63) is 24.3 Å². The Hall–Kier alpha value is -1.51. The molecule has 1 saturated carbocycles. The number of hydrogen-bond acceptors (Lipinski definition) is 3. The number of rotatable bonds is 3. The van der Waals surface area contributed by atoms with E-state index in [-0.39, 0.29) is 11.7 Å². The molecule has 1 atom stereocenters. The molecule has 1 N–H and O–H groups in total. The molecule has 1 unspecified atom stereocenters. The fourth-order valence-electron chi connectivity index (χ4n) is 2.22. The van der Waals surface area contributed by atoms with Crippen LogP contribution < -0.4 is 4.90 Å². The molecule has 0 aromatic heterocycles. The van der Waals surface area contributed by atoms with Crippen molar-refractivity contribution < 1.29 is 9.90 Å². The average molecular weight is 219 g/mol. The van der Waals surface area contributed by atoms with Gasteiger partial charge in [-0.2, -0.15) is 0 Å². The molecule has 86 valence electrons.